The highest BCUT2D eigenvalue weighted by Crippen LogP contribution is 2.32. The summed E-state index contributed by atoms with van der Waals surface area (Å²) >= 11 is 0. The van der Waals surface area contributed by atoms with Gasteiger partial charge in [0, 0.05) is 31.8 Å². The third kappa shape index (κ3) is 8.92. The first-order chi connectivity index (χ1) is 23.9. The molecule has 11 heteroatoms. The second-order valence-corrected chi connectivity index (χ2v) is 13.8. The van der Waals surface area contributed by atoms with Gasteiger partial charge in [-0.3, -0.25) is 20.0 Å². The highest BCUT2D eigenvalue weighted by molar-refractivity contribution is 5.87. The van der Waals surface area contributed by atoms with E-state index in [-0.39, 0.29) is 19.5 Å². The van der Waals surface area contributed by atoms with Crippen LogP contribution >= 0.6 is 0 Å². The number of rotatable bonds is 12. The molecule has 262 valence electrons. The Morgan fingerprint density at radius 1 is 0.920 bits per heavy atom. The summed E-state index contributed by atoms with van der Waals surface area (Å²) in [6, 6.07) is 26.3. The molecule has 0 spiro atoms. The average Bonchev–Trinajstić information content (AvgIpc) is 3.41. The number of ether oxygens (including phenoxy) is 1. The lowest BCUT2D eigenvalue weighted by Crippen LogP contribution is -2.62. The first-order valence-electron chi connectivity index (χ1n) is 16.6. The summed E-state index contributed by atoms with van der Waals surface area (Å²) in [4.78, 5) is 44.6. The summed E-state index contributed by atoms with van der Waals surface area (Å²) in [6.07, 6.45) is 2.12. The molecular formula is C39H45N5O6. The van der Waals surface area contributed by atoms with Crippen LogP contribution in [0.1, 0.15) is 49.1 Å². The van der Waals surface area contributed by atoms with Gasteiger partial charge in [-0.15, -0.1) is 0 Å². The molecular weight excluding hydrogens is 634 g/mol. The number of benzene rings is 3. The van der Waals surface area contributed by atoms with Crippen LogP contribution in [0, 0.1) is 5.41 Å². The number of methoxy groups -OCH3 is 1. The van der Waals surface area contributed by atoms with Crippen LogP contribution in [0.2, 0.25) is 0 Å². The third-order valence-electron chi connectivity index (χ3n) is 8.87. The van der Waals surface area contributed by atoms with Crippen molar-refractivity contribution in [3.63, 3.8) is 0 Å². The fourth-order valence-corrected chi connectivity index (χ4v) is 6.24. The Morgan fingerprint density at radius 3 is 2.28 bits per heavy atom. The first kappa shape index (κ1) is 36.2. The number of hydrogen-bond donors (Lipinski definition) is 5. The summed E-state index contributed by atoms with van der Waals surface area (Å²) in [7, 11) is 1.22. The summed E-state index contributed by atoms with van der Waals surface area (Å²) in [6.45, 7) is 5.19. The molecule has 3 aromatic carbocycles. The molecule has 0 unspecified atom stereocenters. The maximum absolute atomic E-state index is 14.2. The Bertz CT molecular complexity index is 1760. The van der Waals surface area contributed by atoms with Crippen molar-refractivity contribution in [1.82, 2.24) is 26.1 Å². The molecule has 0 radical (unpaired) electrons. The Labute approximate surface area is 292 Å². The van der Waals surface area contributed by atoms with E-state index in [4.69, 9.17) is 4.74 Å². The van der Waals surface area contributed by atoms with Crippen LogP contribution in [0.5, 0.6) is 0 Å². The van der Waals surface area contributed by atoms with E-state index in [1.165, 1.54) is 12.1 Å². The number of aromatic nitrogens is 1. The van der Waals surface area contributed by atoms with Crippen molar-refractivity contribution < 1.29 is 29.3 Å². The van der Waals surface area contributed by atoms with Gasteiger partial charge in [0.2, 0.25) is 0 Å². The van der Waals surface area contributed by atoms with Crippen molar-refractivity contribution in [1.29, 1.82) is 0 Å². The highest BCUT2D eigenvalue weighted by atomic mass is 16.5. The Hall–Kier alpha value is -5.10. The van der Waals surface area contributed by atoms with Gasteiger partial charge in [0.05, 0.1) is 25.8 Å². The maximum atomic E-state index is 14.2. The van der Waals surface area contributed by atoms with Crippen LogP contribution in [0.4, 0.5) is 4.79 Å². The van der Waals surface area contributed by atoms with Crippen LogP contribution < -0.4 is 16.1 Å². The van der Waals surface area contributed by atoms with Gasteiger partial charge in [0.15, 0.2) is 5.60 Å². The number of nitrogens with zero attached hydrogens (tertiary/aromatic N) is 2. The summed E-state index contributed by atoms with van der Waals surface area (Å²) in [5.41, 5.74) is 5.17. The molecule has 1 aromatic heterocycles. The summed E-state index contributed by atoms with van der Waals surface area (Å²) in [5.74, 6) is -1.26. The van der Waals surface area contributed by atoms with Gasteiger partial charge in [0.25, 0.3) is 11.8 Å². The number of carbonyl (C=O) groups is 3. The Balaban J connectivity index is 1.48. The standard InChI is InChI=1S/C39H45N5O6/c1-38(2,3)34(42-37(48)50-4)35(46)43-44(24-27-16-18-28(19-17-27)30-14-10-20-40-23-30)25-39(49,22-26-11-6-5-7-12-26)36(47)41-33-31-15-9-8-13-29(31)21-32(33)45/h5-20,23,32-34,45,49H,21-22,24-25H2,1-4H3,(H,41,47)(H,42,48)(H,43,46)/t32-,33+,34-,39-/m1/s1. The van der Waals surface area contributed by atoms with Gasteiger partial charge < -0.3 is 25.6 Å². The number of carbonyl (C=O) groups excluding carboxylic acids is 3. The van der Waals surface area contributed by atoms with E-state index in [0.717, 1.165) is 27.8 Å². The Morgan fingerprint density at radius 2 is 1.62 bits per heavy atom. The van der Waals surface area contributed by atoms with Crippen molar-refractivity contribution in [2.24, 2.45) is 5.41 Å². The van der Waals surface area contributed by atoms with Gasteiger partial charge in [0.1, 0.15) is 6.04 Å². The van der Waals surface area contributed by atoms with Crippen molar-refractivity contribution in [2.75, 3.05) is 13.7 Å². The molecule has 1 aliphatic rings. The highest BCUT2D eigenvalue weighted by Gasteiger charge is 2.43. The lowest BCUT2D eigenvalue weighted by atomic mass is 9.86. The lowest BCUT2D eigenvalue weighted by Gasteiger charge is -2.37. The average molecular weight is 680 g/mol. The molecule has 0 aliphatic heterocycles. The minimum atomic E-state index is -2.07. The van der Waals surface area contributed by atoms with Crippen LogP contribution in [0.3, 0.4) is 0 Å². The summed E-state index contributed by atoms with van der Waals surface area (Å²) in [5, 5.41) is 30.3. The Kier molecular flexibility index (Phi) is 11.3. The number of amides is 3. The minimum Gasteiger partial charge on any atom is -0.453 e. The fraction of sp³-hybridized carbons (Fsp3) is 0.333. The lowest BCUT2D eigenvalue weighted by molar-refractivity contribution is -0.147. The topological polar surface area (TPSA) is 153 Å². The monoisotopic (exact) mass is 679 g/mol. The number of hydrogen-bond acceptors (Lipinski definition) is 8. The fourth-order valence-electron chi connectivity index (χ4n) is 6.24. The predicted molar refractivity (Wildman–Crippen MR) is 189 cm³/mol. The second-order valence-electron chi connectivity index (χ2n) is 13.8. The van der Waals surface area contributed by atoms with E-state index in [1.807, 2.05) is 91.0 Å². The number of aliphatic hydroxyl groups is 2. The largest absolute Gasteiger partial charge is 0.453 e. The normalized spacial score (nSPS) is 17.3. The van der Waals surface area contributed by atoms with E-state index in [9.17, 15) is 24.6 Å². The second kappa shape index (κ2) is 15.6. The van der Waals surface area contributed by atoms with Gasteiger partial charge in [-0.1, -0.05) is 106 Å². The number of fused-ring (bicyclic) bond motifs is 1. The zero-order valence-electron chi connectivity index (χ0n) is 28.8. The van der Waals surface area contributed by atoms with Gasteiger partial charge >= 0.3 is 6.09 Å². The van der Waals surface area contributed by atoms with Gasteiger partial charge in [-0.2, -0.15) is 0 Å². The zero-order valence-corrected chi connectivity index (χ0v) is 28.8. The zero-order chi connectivity index (χ0) is 35.9. The number of pyridine rings is 1. The molecule has 0 bridgehead atoms. The molecule has 3 amide bonds. The van der Waals surface area contributed by atoms with E-state index in [0.29, 0.717) is 12.0 Å². The van der Waals surface area contributed by atoms with E-state index in [2.05, 4.69) is 21.0 Å². The number of nitrogens with one attached hydrogen (secondary N) is 3. The van der Waals surface area contributed by atoms with Crippen molar-refractivity contribution in [3.05, 3.63) is 126 Å². The van der Waals surface area contributed by atoms with E-state index >= 15 is 0 Å². The van der Waals surface area contributed by atoms with Gasteiger partial charge in [-0.25, -0.2) is 9.80 Å². The summed E-state index contributed by atoms with van der Waals surface area (Å²) < 4.78 is 4.79. The third-order valence-corrected chi connectivity index (χ3v) is 8.87. The molecule has 0 saturated carbocycles. The quantitative estimate of drug-likeness (QED) is 0.140. The van der Waals surface area contributed by atoms with E-state index in [1.54, 1.807) is 33.2 Å². The molecule has 4 atom stereocenters. The molecule has 0 saturated heterocycles. The van der Waals surface area contributed by atoms with Crippen molar-refractivity contribution >= 4 is 17.9 Å². The molecule has 11 nitrogen and oxygen atoms in total. The van der Waals surface area contributed by atoms with Crippen LogP contribution in [-0.2, 0) is 33.7 Å². The van der Waals surface area contributed by atoms with Crippen LogP contribution in [-0.4, -0.2) is 69.5 Å². The molecule has 1 aliphatic carbocycles. The number of aliphatic hydroxyl groups excluding tert-OH is 1. The maximum Gasteiger partial charge on any atom is 0.407 e. The molecule has 50 heavy (non-hydrogen) atoms. The number of alkyl carbamates (subject to hydrolysis) is 1. The van der Waals surface area contributed by atoms with Gasteiger partial charge in [-0.05, 0) is 44.9 Å². The predicted octanol–water partition coefficient (Wildman–Crippen LogP) is 4.10. The van der Waals surface area contributed by atoms with E-state index < -0.39 is 47.1 Å². The first-order valence-corrected chi connectivity index (χ1v) is 16.6. The SMILES string of the molecule is COC(=O)N[C@H](C(=O)NN(Cc1ccc(-c2cccnc2)cc1)C[C@](O)(Cc1ccccc1)C(=O)N[C@H]1c2ccccc2C[C@H]1O)C(C)(C)C. The molecule has 5 N–H and O–H groups in total. The molecule has 5 rings (SSSR count). The van der Waals surface area contributed by atoms with Crippen LogP contribution in [0.15, 0.2) is 103 Å². The molecule has 1 heterocycles. The minimum absolute atomic E-state index is 0.0838. The molecule has 0 fully saturated rings. The smallest absolute Gasteiger partial charge is 0.407 e. The van der Waals surface area contributed by atoms with Crippen molar-refractivity contribution in [2.45, 2.75) is 63.9 Å². The molecule has 4 aromatic rings. The van der Waals surface area contributed by atoms with Crippen molar-refractivity contribution in [3.8, 4) is 11.1 Å². The number of hydrazine groups is 1. The van der Waals surface area contributed by atoms with Crippen LogP contribution in [0.25, 0.3) is 11.1 Å².